The lowest BCUT2D eigenvalue weighted by molar-refractivity contribution is -0.149. The van der Waals surface area contributed by atoms with Gasteiger partial charge in [0.25, 0.3) is 0 Å². The van der Waals surface area contributed by atoms with Crippen LogP contribution in [-0.4, -0.2) is 39.3 Å². The lowest BCUT2D eigenvalue weighted by Crippen LogP contribution is -2.37. The van der Waals surface area contributed by atoms with E-state index in [0.717, 1.165) is 7.11 Å². The number of nitrogens with zero attached hydrogens (tertiary/aromatic N) is 1. The normalized spacial score (nSPS) is 12.5. The Balaban J connectivity index is 2.95. The Labute approximate surface area is 116 Å². The molecular weight excluding hydrogens is 284 g/mol. The molecule has 108 valence electrons. The van der Waals surface area contributed by atoms with Crippen LogP contribution in [0, 0.1) is 18.3 Å². The van der Waals surface area contributed by atoms with Crippen LogP contribution in [0.15, 0.2) is 23.1 Å². The van der Waals surface area contributed by atoms with Gasteiger partial charge in [0.1, 0.15) is 0 Å². The number of rotatable bonds is 5. The number of sulfonamides is 1. The van der Waals surface area contributed by atoms with Crippen molar-refractivity contribution in [3.63, 3.8) is 0 Å². The van der Waals surface area contributed by atoms with Gasteiger partial charge in [0.05, 0.1) is 23.6 Å². The zero-order valence-electron chi connectivity index (χ0n) is 11.0. The molecule has 0 spiro atoms. The summed E-state index contributed by atoms with van der Waals surface area (Å²) >= 11 is 0. The van der Waals surface area contributed by atoms with E-state index in [1.54, 1.807) is 6.92 Å². The standard InChI is InChI=1S/C12H14N2O5S/c1-8-3-4-9(6-13)5-11(8)20(17,18)14-7-10(15)12(16)19-2/h3-5,10,14-15H,7H2,1-2H3. The van der Waals surface area contributed by atoms with E-state index < -0.39 is 28.6 Å². The number of nitrogens with one attached hydrogen (secondary N) is 1. The van der Waals surface area contributed by atoms with Crippen LogP contribution >= 0.6 is 0 Å². The molecule has 2 N–H and O–H groups in total. The fourth-order valence-electron chi connectivity index (χ4n) is 1.44. The second-order valence-electron chi connectivity index (χ2n) is 3.98. The van der Waals surface area contributed by atoms with Crippen molar-refractivity contribution < 1.29 is 23.1 Å². The van der Waals surface area contributed by atoms with Crippen LogP contribution in [0.1, 0.15) is 11.1 Å². The van der Waals surface area contributed by atoms with Gasteiger partial charge in [-0.2, -0.15) is 5.26 Å². The Kier molecular flexibility index (Phi) is 5.21. The maximum absolute atomic E-state index is 12.1. The first kappa shape index (κ1) is 16.1. The maximum Gasteiger partial charge on any atom is 0.336 e. The minimum atomic E-state index is -3.93. The Morgan fingerprint density at radius 2 is 2.20 bits per heavy atom. The second-order valence-corrected chi connectivity index (χ2v) is 5.72. The van der Waals surface area contributed by atoms with Crippen molar-refractivity contribution in [2.45, 2.75) is 17.9 Å². The van der Waals surface area contributed by atoms with Gasteiger partial charge in [0.15, 0.2) is 6.10 Å². The third-order valence-electron chi connectivity index (χ3n) is 2.55. The molecule has 0 radical (unpaired) electrons. The van der Waals surface area contributed by atoms with Crippen LogP contribution in [0.4, 0.5) is 0 Å². The molecule has 0 aliphatic heterocycles. The average molecular weight is 298 g/mol. The first-order valence-electron chi connectivity index (χ1n) is 5.58. The second kappa shape index (κ2) is 6.47. The van der Waals surface area contributed by atoms with Gasteiger partial charge in [-0.1, -0.05) is 6.07 Å². The summed E-state index contributed by atoms with van der Waals surface area (Å²) < 4.78 is 30.5. The number of hydrogen-bond acceptors (Lipinski definition) is 6. The SMILES string of the molecule is COC(=O)C(O)CNS(=O)(=O)c1cc(C#N)ccc1C. The number of ether oxygens (including phenoxy) is 1. The van der Waals surface area contributed by atoms with Crippen molar-refractivity contribution in [1.82, 2.24) is 4.72 Å². The van der Waals surface area contributed by atoms with Gasteiger partial charge in [-0.3, -0.25) is 0 Å². The number of esters is 1. The van der Waals surface area contributed by atoms with Crippen LogP contribution in [0.5, 0.6) is 0 Å². The van der Waals surface area contributed by atoms with Crippen molar-refractivity contribution in [3.05, 3.63) is 29.3 Å². The molecule has 1 unspecified atom stereocenters. The van der Waals surface area contributed by atoms with Crippen molar-refractivity contribution >= 4 is 16.0 Å². The Hall–Kier alpha value is -1.95. The zero-order valence-corrected chi connectivity index (χ0v) is 11.8. The van der Waals surface area contributed by atoms with Crippen LogP contribution in [0.2, 0.25) is 0 Å². The highest BCUT2D eigenvalue weighted by atomic mass is 32.2. The highest BCUT2D eigenvalue weighted by Crippen LogP contribution is 2.16. The molecule has 1 atom stereocenters. The molecule has 8 heteroatoms. The van der Waals surface area contributed by atoms with Gasteiger partial charge in [-0.05, 0) is 24.6 Å². The van der Waals surface area contributed by atoms with Crippen LogP contribution in [0.3, 0.4) is 0 Å². The van der Waals surface area contributed by atoms with Crippen LogP contribution < -0.4 is 4.72 Å². The molecule has 0 heterocycles. The fraction of sp³-hybridized carbons (Fsp3) is 0.333. The van der Waals surface area contributed by atoms with Gasteiger partial charge in [0.2, 0.25) is 10.0 Å². The molecule has 0 bridgehead atoms. The largest absolute Gasteiger partial charge is 0.467 e. The van der Waals surface area contributed by atoms with E-state index in [1.165, 1.54) is 18.2 Å². The molecule has 0 aliphatic rings. The van der Waals surface area contributed by atoms with E-state index in [1.807, 2.05) is 6.07 Å². The van der Waals surface area contributed by atoms with E-state index in [-0.39, 0.29) is 10.5 Å². The van der Waals surface area contributed by atoms with E-state index in [2.05, 4.69) is 9.46 Å². The van der Waals surface area contributed by atoms with Crippen molar-refractivity contribution in [2.75, 3.05) is 13.7 Å². The Morgan fingerprint density at radius 1 is 1.55 bits per heavy atom. The third kappa shape index (κ3) is 3.77. The molecule has 0 fully saturated rings. The summed E-state index contributed by atoms with van der Waals surface area (Å²) in [6.45, 7) is 1.07. The lowest BCUT2D eigenvalue weighted by atomic mass is 10.2. The summed E-state index contributed by atoms with van der Waals surface area (Å²) in [7, 11) is -2.85. The number of aliphatic hydroxyl groups is 1. The number of carbonyl (C=O) groups excluding carboxylic acids is 1. The Morgan fingerprint density at radius 3 is 2.75 bits per heavy atom. The fourth-order valence-corrected chi connectivity index (χ4v) is 2.75. The van der Waals surface area contributed by atoms with E-state index >= 15 is 0 Å². The average Bonchev–Trinajstić information content (AvgIpc) is 2.44. The van der Waals surface area contributed by atoms with Crippen molar-refractivity contribution in [3.8, 4) is 6.07 Å². The molecule has 0 aliphatic carbocycles. The molecule has 0 aromatic heterocycles. The lowest BCUT2D eigenvalue weighted by Gasteiger charge is -2.12. The molecule has 1 rings (SSSR count). The number of aryl methyl sites for hydroxylation is 1. The molecule has 7 nitrogen and oxygen atoms in total. The van der Waals surface area contributed by atoms with Gasteiger partial charge in [-0.25, -0.2) is 17.9 Å². The first-order valence-corrected chi connectivity index (χ1v) is 7.06. The molecule has 1 aromatic carbocycles. The molecule has 0 amide bonds. The predicted molar refractivity (Wildman–Crippen MR) is 69.1 cm³/mol. The molecule has 0 saturated heterocycles. The first-order chi connectivity index (χ1) is 9.31. The summed E-state index contributed by atoms with van der Waals surface area (Å²) in [6, 6.07) is 6.07. The van der Waals surface area contributed by atoms with E-state index in [9.17, 15) is 18.3 Å². The number of methoxy groups -OCH3 is 1. The van der Waals surface area contributed by atoms with Crippen LogP contribution in [0.25, 0.3) is 0 Å². The number of hydrogen-bond donors (Lipinski definition) is 2. The summed E-state index contributed by atoms with van der Waals surface area (Å²) in [5, 5.41) is 18.1. The van der Waals surface area contributed by atoms with E-state index in [4.69, 9.17) is 5.26 Å². The summed E-state index contributed by atoms with van der Waals surface area (Å²) in [5.74, 6) is -0.935. The quantitative estimate of drug-likeness (QED) is 0.719. The minimum Gasteiger partial charge on any atom is -0.467 e. The predicted octanol–water partition coefficient (Wildman–Crippen LogP) is -0.321. The number of aliphatic hydroxyl groups excluding tert-OH is 1. The summed E-state index contributed by atoms with van der Waals surface area (Å²) in [6.07, 6.45) is -1.59. The molecule has 1 aromatic rings. The zero-order chi connectivity index (χ0) is 15.3. The van der Waals surface area contributed by atoms with Crippen molar-refractivity contribution in [2.24, 2.45) is 0 Å². The van der Waals surface area contributed by atoms with Crippen molar-refractivity contribution in [1.29, 1.82) is 5.26 Å². The summed E-state index contributed by atoms with van der Waals surface area (Å²) in [5.41, 5.74) is 0.647. The minimum absolute atomic E-state index is 0.0754. The summed E-state index contributed by atoms with van der Waals surface area (Å²) in [4.78, 5) is 10.9. The third-order valence-corrected chi connectivity index (χ3v) is 4.11. The van der Waals surface area contributed by atoms with Gasteiger partial charge in [0, 0.05) is 6.54 Å². The molecule has 20 heavy (non-hydrogen) atoms. The highest BCUT2D eigenvalue weighted by molar-refractivity contribution is 7.89. The molecule has 0 saturated carbocycles. The monoisotopic (exact) mass is 298 g/mol. The number of nitriles is 1. The van der Waals surface area contributed by atoms with E-state index in [0.29, 0.717) is 5.56 Å². The highest BCUT2D eigenvalue weighted by Gasteiger charge is 2.22. The topological polar surface area (TPSA) is 116 Å². The Bertz CT molecular complexity index is 648. The smallest absolute Gasteiger partial charge is 0.336 e. The number of benzene rings is 1. The van der Waals surface area contributed by atoms with Crippen LogP contribution in [-0.2, 0) is 19.6 Å². The molecular formula is C12H14N2O5S. The maximum atomic E-state index is 12.1. The van der Waals surface area contributed by atoms with Gasteiger partial charge in [-0.15, -0.1) is 0 Å². The van der Waals surface area contributed by atoms with Gasteiger partial charge >= 0.3 is 5.97 Å². The number of carbonyl (C=O) groups is 1. The van der Waals surface area contributed by atoms with Gasteiger partial charge < -0.3 is 9.84 Å².